The molecular weight excluding hydrogens is 347 g/mol. The average Bonchev–Trinajstić information content (AvgIpc) is 3.28. The number of nitrogens with one attached hydrogen (secondary N) is 2. The molecule has 8 heteroatoms. The van der Waals surface area contributed by atoms with Crippen LogP contribution in [0.3, 0.4) is 0 Å². The van der Waals surface area contributed by atoms with E-state index in [2.05, 4.69) is 27.6 Å². The Labute approximate surface area is 157 Å². The average molecular weight is 370 g/mol. The Morgan fingerprint density at radius 2 is 2.22 bits per heavy atom. The summed E-state index contributed by atoms with van der Waals surface area (Å²) in [5, 5.41) is 9.97. The number of imidazole rings is 1. The maximum atomic E-state index is 13.4. The summed E-state index contributed by atoms with van der Waals surface area (Å²) in [5.74, 6) is 0.301. The van der Waals surface area contributed by atoms with Crippen molar-refractivity contribution in [3.63, 3.8) is 0 Å². The van der Waals surface area contributed by atoms with E-state index in [1.807, 2.05) is 23.8 Å². The van der Waals surface area contributed by atoms with Crippen molar-refractivity contribution < 1.29 is 9.18 Å². The molecule has 1 unspecified atom stereocenters. The van der Waals surface area contributed by atoms with Crippen LogP contribution in [-0.2, 0) is 6.54 Å². The van der Waals surface area contributed by atoms with Gasteiger partial charge in [0.15, 0.2) is 0 Å². The summed E-state index contributed by atoms with van der Waals surface area (Å²) in [5.41, 5.74) is 1.61. The molecule has 0 spiro atoms. The number of rotatable bonds is 7. The van der Waals surface area contributed by atoms with Crippen LogP contribution < -0.4 is 10.6 Å². The summed E-state index contributed by atoms with van der Waals surface area (Å²) < 4.78 is 17.0. The van der Waals surface area contributed by atoms with Crippen LogP contribution >= 0.6 is 0 Å². The maximum absolute atomic E-state index is 13.4. The van der Waals surface area contributed by atoms with Gasteiger partial charge in [-0.3, -0.25) is 5.32 Å². The second-order valence-corrected chi connectivity index (χ2v) is 6.49. The van der Waals surface area contributed by atoms with Crippen LogP contribution in [0.25, 0.3) is 0 Å². The van der Waals surface area contributed by atoms with Crippen LogP contribution in [0.2, 0.25) is 0 Å². The molecule has 3 rings (SSSR count). The second kappa shape index (κ2) is 8.48. The van der Waals surface area contributed by atoms with E-state index in [1.165, 1.54) is 12.1 Å². The number of carbonyl (C=O) groups excluding carboxylic acids is 1. The highest BCUT2D eigenvalue weighted by Crippen LogP contribution is 2.16. The van der Waals surface area contributed by atoms with Crippen LogP contribution in [0.15, 0.2) is 49.2 Å². The molecule has 2 N–H and O–H groups in total. The number of anilines is 1. The predicted octanol–water partition coefficient (Wildman–Crippen LogP) is 3.35. The van der Waals surface area contributed by atoms with Gasteiger partial charge in [-0.25, -0.2) is 18.9 Å². The Bertz CT molecular complexity index is 890. The molecule has 0 radical (unpaired) electrons. The van der Waals surface area contributed by atoms with Crippen molar-refractivity contribution in [2.45, 2.75) is 32.9 Å². The molecular formula is C19H23FN6O. The number of nitrogens with zero attached hydrogens (tertiary/aromatic N) is 4. The van der Waals surface area contributed by atoms with Crippen molar-refractivity contribution in [3.8, 4) is 0 Å². The van der Waals surface area contributed by atoms with E-state index in [-0.39, 0.29) is 17.9 Å². The molecule has 0 bridgehead atoms. The van der Waals surface area contributed by atoms with E-state index >= 15 is 0 Å². The zero-order valence-corrected chi connectivity index (χ0v) is 15.4. The summed E-state index contributed by atoms with van der Waals surface area (Å²) in [7, 11) is 0. The Kier molecular flexibility index (Phi) is 5.85. The quantitative estimate of drug-likeness (QED) is 0.670. The molecule has 0 aliphatic carbocycles. The lowest BCUT2D eigenvalue weighted by Crippen LogP contribution is -2.31. The predicted molar refractivity (Wildman–Crippen MR) is 101 cm³/mol. The Morgan fingerprint density at radius 1 is 1.37 bits per heavy atom. The Hall–Kier alpha value is -3.16. The molecule has 2 aromatic heterocycles. The van der Waals surface area contributed by atoms with Crippen LogP contribution in [0.5, 0.6) is 0 Å². The number of halogens is 1. The number of aryl methyl sites for hydroxylation is 1. The summed E-state index contributed by atoms with van der Waals surface area (Å²) in [6.07, 6.45) is 7.86. The first kappa shape index (κ1) is 18.6. The van der Waals surface area contributed by atoms with Gasteiger partial charge in [-0.2, -0.15) is 5.10 Å². The zero-order chi connectivity index (χ0) is 19.2. The van der Waals surface area contributed by atoms with Crippen molar-refractivity contribution in [1.82, 2.24) is 24.6 Å². The Morgan fingerprint density at radius 3 is 2.96 bits per heavy atom. The number of benzene rings is 1. The van der Waals surface area contributed by atoms with Crippen LogP contribution in [0.1, 0.15) is 30.5 Å². The second-order valence-electron chi connectivity index (χ2n) is 6.49. The van der Waals surface area contributed by atoms with Crippen molar-refractivity contribution in [2.75, 3.05) is 11.9 Å². The maximum Gasteiger partial charge on any atom is 0.320 e. The molecule has 142 valence electrons. The third-order valence-electron chi connectivity index (χ3n) is 4.36. The van der Waals surface area contributed by atoms with E-state index in [9.17, 15) is 9.18 Å². The van der Waals surface area contributed by atoms with Gasteiger partial charge < -0.3 is 9.88 Å². The van der Waals surface area contributed by atoms with Crippen molar-refractivity contribution in [3.05, 3.63) is 66.1 Å². The topological polar surface area (TPSA) is 76.8 Å². The molecule has 27 heavy (non-hydrogen) atoms. The SMILES string of the molecule is Cc1cnn(Cc2cccc(F)c2)c1NC(=O)NCCC(C)n1ccnc1. The van der Waals surface area contributed by atoms with E-state index in [0.717, 1.165) is 17.5 Å². The number of urea groups is 1. The minimum atomic E-state index is -0.296. The summed E-state index contributed by atoms with van der Waals surface area (Å²) >= 11 is 0. The van der Waals surface area contributed by atoms with Gasteiger partial charge >= 0.3 is 6.03 Å². The molecule has 0 saturated carbocycles. The molecule has 3 aromatic rings. The third-order valence-corrected chi connectivity index (χ3v) is 4.36. The van der Waals surface area contributed by atoms with Gasteiger partial charge in [0.2, 0.25) is 0 Å². The highest BCUT2D eigenvalue weighted by Gasteiger charge is 2.12. The monoisotopic (exact) mass is 370 g/mol. The molecule has 2 amide bonds. The van der Waals surface area contributed by atoms with Crippen LogP contribution in [0, 0.1) is 12.7 Å². The third kappa shape index (κ3) is 4.93. The highest BCUT2D eigenvalue weighted by atomic mass is 19.1. The standard InChI is InChI=1S/C19H23FN6O/c1-14-11-23-26(12-16-4-3-5-17(20)10-16)18(14)24-19(27)22-7-6-15(2)25-9-8-21-13-25/h3-5,8-11,13,15H,6-7,12H2,1-2H3,(H2,22,24,27). The van der Waals surface area contributed by atoms with E-state index in [4.69, 9.17) is 0 Å². The lowest BCUT2D eigenvalue weighted by Gasteiger charge is -2.14. The summed E-state index contributed by atoms with van der Waals surface area (Å²) in [6, 6.07) is 6.28. The fraction of sp³-hybridized carbons (Fsp3) is 0.316. The summed E-state index contributed by atoms with van der Waals surface area (Å²) in [4.78, 5) is 16.3. The molecule has 1 aromatic carbocycles. The lowest BCUT2D eigenvalue weighted by molar-refractivity contribution is 0.251. The minimum Gasteiger partial charge on any atom is -0.338 e. The molecule has 1 atom stereocenters. The largest absolute Gasteiger partial charge is 0.338 e. The normalized spacial score (nSPS) is 12.0. The first-order valence-electron chi connectivity index (χ1n) is 8.82. The molecule has 0 aliphatic heterocycles. The van der Waals surface area contributed by atoms with Gasteiger partial charge in [-0.15, -0.1) is 0 Å². The molecule has 0 fully saturated rings. The number of hydrogen-bond donors (Lipinski definition) is 2. The number of amides is 2. The molecule has 0 saturated heterocycles. The van der Waals surface area contributed by atoms with Crippen molar-refractivity contribution in [2.24, 2.45) is 0 Å². The van der Waals surface area contributed by atoms with Gasteiger partial charge in [0.05, 0.1) is 19.1 Å². The zero-order valence-electron chi connectivity index (χ0n) is 15.4. The van der Waals surface area contributed by atoms with Gasteiger partial charge in [0.1, 0.15) is 11.6 Å². The smallest absolute Gasteiger partial charge is 0.320 e. The Balaban J connectivity index is 1.55. The van der Waals surface area contributed by atoms with Gasteiger partial charge in [0, 0.05) is 30.5 Å². The molecule has 0 aliphatic rings. The van der Waals surface area contributed by atoms with Gasteiger partial charge in [-0.05, 0) is 38.0 Å². The van der Waals surface area contributed by atoms with E-state index < -0.39 is 0 Å². The van der Waals surface area contributed by atoms with Gasteiger partial charge in [-0.1, -0.05) is 12.1 Å². The minimum absolute atomic E-state index is 0.244. The molecule has 7 nitrogen and oxygen atoms in total. The van der Waals surface area contributed by atoms with E-state index in [1.54, 1.807) is 29.5 Å². The number of aromatic nitrogens is 4. The van der Waals surface area contributed by atoms with Crippen LogP contribution in [0.4, 0.5) is 15.0 Å². The molecule has 2 heterocycles. The first-order valence-corrected chi connectivity index (χ1v) is 8.82. The number of hydrogen-bond acceptors (Lipinski definition) is 3. The highest BCUT2D eigenvalue weighted by molar-refractivity contribution is 5.89. The van der Waals surface area contributed by atoms with Crippen molar-refractivity contribution in [1.29, 1.82) is 0 Å². The first-order chi connectivity index (χ1) is 13.0. The fourth-order valence-electron chi connectivity index (χ4n) is 2.80. The lowest BCUT2D eigenvalue weighted by atomic mass is 10.2. The van der Waals surface area contributed by atoms with Gasteiger partial charge in [0.25, 0.3) is 0 Å². The van der Waals surface area contributed by atoms with Crippen LogP contribution in [-0.4, -0.2) is 31.9 Å². The number of carbonyl (C=O) groups is 1. The van der Waals surface area contributed by atoms with Crippen molar-refractivity contribution >= 4 is 11.8 Å². The fourth-order valence-corrected chi connectivity index (χ4v) is 2.80. The summed E-state index contributed by atoms with van der Waals surface area (Å²) in [6.45, 7) is 4.84. The van der Waals surface area contributed by atoms with E-state index in [0.29, 0.717) is 18.9 Å².